The van der Waals surface area contributed by atoms with E-state index < -0.39 is 5.97 Å². The maximum atomic E-state index is 5.07. The summed E-state index contributed by atoms with van der Waals surface area (Å²) in [7, 11) is 0. The number of unbranched alkanes of at least 4 members (excludes halogenated alkanes) is 12. The molecular weight excluding hydrogens is 254 g/mol. The SMILES string of the molecule is CCCCCCCCCCCCCCCC1(ON)OO1. The van der Waals surface area contributed by atoms with Gasteiger partial charge in [0.15, 0.2) is 0 Å². The Morgan fingerprint density at radius 3 is 1.45 bits per heavy atom. The van der Waals surface area contributed by atoms with Gasteiger partial charge in [0.25, 0.3) is 0 Å². The lowest BCUT2D eigenvalue weighted by atomic mass is 10.0. The summed E-state index contributed by atoms with van der Waals surface area (Å²) >= 11 is 0. The Kier molecular flexibility index (Phi) is 10.3. The highest BCUT2D eigenvalue weighted by atomic mass is 17.5. The van der Waals surface area contributed by atoms with Crippen LogP contribution in [0.5, 0.6) is 0 Å². The zero-order valence-electron chi connectivity index (χ0n) is 13.2. The van der Waals surface area contributed by atoms with Crippen molar-refractivity contribution in [3.05, 3.63) is 0 Å². The van der Waals surface area contributed by atoms with E-state index in [9.17, 15) is 0 Å². The summed E-state index contributed by atoms with van der Waals surface area (Å²) < 4.78 is 0. The molecule has 0 bridgehead atoms. The molecule has 0 atom stereocenters. The fraction of sp³-hybridized carbons (Fsp3) is 1.00. The van der Waals surface area contributed by atoms with E-state index in [1.165, 1.54) is 77.0 Å². The first kappa shape index (κ1) is 17.9. The van der Waals surface area contributed by atoms with Crippen LogP contribution in [0, 0.1) is 0 Å². The minimum Gasteiger partial charge on any atom is -0.239 e. The van der Waals surface area contributed by atoms with E-state index in [2.05, 4.69) is 11.8 Å². The molecule has 1 rings (SSSR count). The van der Waals surface area contributed by atoms with Gasteiger partial charge in [-0.15, -0.1) is 0 Å². The molecule has 0 spiro atoms. The van der Waals surface area contributed by atoms with Crippen LogP contribution in [0.2, 0.25) is 0 Å². The van der Waals surface area contributed by atoms with Crippen molar-refractivity contribution in [1.29, 1.82) is 0 Å². The summed E-state index contributed by atoms with van der Waals surface area (Å²) in [6.45, 7) is 2.27. The molecule has 1 fully saturated rings. The van der Waals surface area contributed by atoms with Crippen LogP contribution in [-0.2, 0) is 14.6 Å². The van der Waals surface area contributed by atoms with Gasteiger partial charge in [-0.3, -0.25) is 0 Å². The molecule has 0 amide bonds. The van der Waals surface area contributed by atoms with E-state index in [1.54, 1.807) is 0 Å². The van der Waals surface area contributed by atoms with Crippen LogP contribution in [-0.4, -0.2) is 5.97 Å². The largest absolute Gasteiger partial charge is 0.354 e. The number of rotatable bonds is 15. The lowest BCUT2D eigenvalue weighted by Gasteiger charge is -2.04. The van der Waals surface area contributed by atoms with E-state index in [0.29, 0.717) is 0 Å². The average molecular weight is 287 g/mol. The Bertz CT molecular complexity index is 220. The number of hydrogen-bond acceptors (Lipinski definition) is 4. The van der Waals surface area contributed by atoms with Gasteiger partial charge in [-0.05, 0) is 6.42 Å². The van der Waals surface area contributed by atoms with Crippen LogP contribution in [0.4, 0.5) is 0 Å². The molecule has 0 saturated carbocycles. The van der Waals surface area contributed by atoms with E-state index in [-0.39, 0.29) is 0 Å². The molecule has 0 aromatic heterocycles. The van der Waals surface area contributed by atoms with Crippen LogP contribution in [0.3, 0.4) is 0 Å². The summed E-state index contributed by atoms with van der Waals surface area (Å²) in [5.74, 6) is 4.17. The van der Waals surface area contributed by atoms with Crippen molar-refractivity contribution < 1.29 is 14.6 Å². The third-order valence-corrected chi connectivity index (χ3v) is 4.04. The molecule has 0 radical (unpaired) electrons. The van der Waals surface area contributed by atoms with Crippen LogP contribution in [0.25, 0.3) is 0 Å². The van der Waals surface area contributed by atoms with E-state index >= 15 is 0 Å². The molecule has 1 saturated heterocycles. The minimum absolute atomic E-state index is 0.737. The topological polar surface area (TPSA) is 60.3 Å². The number of hydrogen-bond donors (Lipinski definition) is 1. The van der Waals surface area contributed by atoms with Gasteiger partial charge < -0.3 is 0 Å². The summed E-state index contributed by atoms with van der Waals surface area (Å²) in [5.41, 5.74) is 0. The van der Waals surface area contributed by atoms with Crippen LogP contribution in [0.1, 0.15) is 96.8 Å². The fourth-order valence-corrected chi connectivity index (χ4v) is 2.59. The third-order valence-electron chi connectivity index (χ3n) is 4.04. The van der Waals surface area contributed by atoms with Gasteiger partial charge in [0.2, 0.25) is 0 Å². The van der Waals surface area contributed by atoms with E-state index in [1.807, 2.05) is 0 Å². The Balaban J connectivity index is 1.68. The second kappa shape index (κ2) is 11.5. The van der Waals surface area contributed by atoms with Crippen molar-refractivity contribution in [3.8, 4) is 0 Å². The molecule has 2 N–H and O–H groups in total. The summed E-state index contributed by atoms with van der Waals surface area (Å²) in [6.07, 6.45) is 18.3. The molecule has 0 unspecified atom stereocenters. The second-order valence-electron chi connectivity index (χ2n) is 5.96. The average Bonchev–Trinajstić information content (AvgIpc) is 3.24. The molecule has 4 nitrogen and oxygen atoms in total. The van der Waals surface area contributed by atoms with Crippen molar-refractivity contribution >= 4 is 0 Å². The normalized spacial score (nSPS) is 16.5. The van der Waals surface area contributed by atoms with Gasteiger partial charge in [-0.25, -0.2) is 10.7 Å². The van der Waals surface area contributed by atoms with Crippen LogP contribution < -0.4 is 5.90 Å². The maximum absolute atomic E-state index is 5.07. The Hall–Kier alpha value is -0.160. The Morgan fingerprint density at radius 2 is 1.10 bits per heavy atom. The smallest absolute Gasteiger partial charge is 0.239 e. The predicted octanol–water partition coefficient (Wildman–Crippen LogP) is 4.97. The standard InChI is InChI=1S/C16H33NO3/c1-2-3-4-5-6-7-8-9-10-11-12-13-14-15-16(18-17)19-20-16/h2-15,17H2,1H3. The van der Waals surface area contributed by atoms with E-state index in [0.717, 1.165) is 12.8 Å². The first-order valence-electron chi connectivity index (χ1n) is 8.58. The predicted molar refractivity (Wildman–Crippen MR) is 80.5 cm³/mol. The number of nitrogens with two attached hydrogens (primary N) is 1. The zero-order valence-corrected chi connectivity index (χ0v) is 13.2. The molecule has 4 heteroatoms. The quantitative estimate of drug-likeness (QED) is 0.200. The maximum Gasteiger partial charge on any atom is 0.354 e. The monoisotopic (exact) mass is 287 g/mol. The molecule has 20 heavy (non-hydrogen) atoms. The molecule has 1 heterocycles. The van der Waals surface area contributed by atoms with Crippen LogP contribution in [0.15, 0.2) is 0 Å². The van der Waals surface area contributed by atoms with Crippen molar-refractivity contribution in [2.45, 2.75) is 103 Å². The minimum atomic E-state index is -0.891. The lowest BCUT2D eigenvalue weighted by Crippen LogP contribution is -2.19. The van der Waals surface area contributed by atoms with Gasteiger partial charge >= 0.3 is 5.97 Å². The van der Waals surface area contributed by atoms with E-state index in [4.69, 9.17) is 15.7 Å². The van der Waals surface area contributed by atoms with Gasteiger partial charge in [-0.2, -0.15) is 9.78 Å². The van der Waals surface area contributed by atoms with Gasteiger partial charge in [0, 0.05) is 6.42 Å². The first-order chi connectivity index (χ1) is 9.83. The molecule has 0 aliphatic carbocycles. The lowest BCUT2D eigenvalue weighted by molar-refractivity contribution is -0.0643. The van der Waals surface area contributed by atoms with Crippen molar-refractivity contribution in [2.24, 2.45) is 5.90 Å². The Labute approximate surface area is 124 Å². The molecule has 1 aliphatic rings. The van der Waals surface area contributed by atoms with Gasteiger partial charge in [0.05, 0.1) is 0 Å². The van der Waals surface area contributed by atoms with Gasteiger partial charge in [-0.1, -0.05) is 84.0 Å². The zero-order chi connectivity index (χ0) is 14.5. The highest BCUT2D eigenvalue weighted by Crippen LogP contribution is 2.34. The molecule has 120 valence electrons. The summed E-state index contributed by atoms with van der Waals surface area (Å²) in [5, 5.41) is 0. The summed E-state index contributed by atoms with van der Waals surface area (Å²) in [4.78, 5) is 14.0. The fourth-order valence-electron chi connectivity index (χ4n) is 2.59. The molecule has 0 aromatic carbocycles. The third kappa shape index (κ3) is 8.90. The molecular formula is C16H33NO3. The van der Waals surface area contributed by atoms with Crippen LogP contribution >= 0.6 is 0 Å². The summed E-state index contributed by atoms with van der Waals surface area (Å²) in [6, 6.07) is 0. The van der Waals surface area contributed by atoms with Crippen molar-refractivity contribution in [1.82, 2.24) is 0 Å². The molecule has 1 aliphatic heterocycles. The first-order valence-corrected chi connectivity index (χ1v) is 8.58. The molecule has 0 aromatic rings. The highest BCUT2D eigenvalue weighted by molar-refractivity contribution is 4.60. The highest BCUT2D eigenvalue weighted by Gasteiger charge is 2.50. The van der Waals surface area contributed by atoms with Crippen molar-refractivity contribution in [3.63, 3.8) is 0 Å². The van der Waals surface area contributed by atoms with Crippen molar-refractivity contribution in [2.75, 3.05) is 0 Å². The second-order valence-corrected chi connectivity index (χ2v) is 5.96. The Morgan fingerprint density at radius 1 is 0.700 bits per heavy atom. The van der Waals surface area contributed by atoms with Gasteiger partial charge in [0.1, 0.15) is 0 Å².